The zero-order valence-electron chi connectivity index (χ0n) is 10.0. The van der Waals surface area contributed by atoms with Crippen molar-refractivity contribution in [2.24, 2.45) is 0 Å². The molecule has 1 N–H and O–H groups in total. The third-order valence-corrected chi connectivity index (χ3v) is 2.57. The van der Waals surface area contributed by atoms with Crippen LogP contribution in [0.15, 0.2) is 22.7 Å². The van der Waals surface area contributed by atoms with E-state index in [4.69, 9.17) is 4.52 Å². The van der Waals surface area contributed by atoms with Gasteiger partial charge in [0.2, 0.25) is 0 Å². The average molecular weight is 248 g/mol. The van der Waals surface area contributed by atoms with Crippen LogP contribution in [0.5, 0.6) is 0 Å². The fraction of sp³-hybridized carbons (Fsp3) is 0.273. The summed E-state index contributed by atoms with van der Waals surface area (Å²) in [7, 11) is 0. The largest absolute Gasteiger partial charge is 0.334 e. The number of anilines is 1. The molecule has 0 aliphatic rings. The van der Waals surface area contributed by atoms with Gasteiger partial charge in [0.05, 0.1) is 4.92 Å². The van der Waals surface area contributed by atoms with Crippen molar-refractivity contribution >= 4 is 11.7 Å². The first-order valence-electron chi connectivity index (χ1n) is 5.35. The highest BCUT2D eigenvalue weighted by Crippen LogP contribution is 2.21. The summed E-state index contributed by atoms with van der Waals surface area (Å²) in [6, 6.07) is 5.26. The van der Waals surface area contributed by atoms with Crippen LogP contribution in [0.2, 0.25) is 0 Å². The second-order valence-electron chi connectivity index (χ2n) is 3.82. The summed E-state index contributed by atoms with van der Waals surface area (Å²) >= 11 is 0. The van der Waals surface area contributed by atoms with E-state index in [0.717, 1.165) is 5.56 Å². The van der Waals surface area contributed by atoms with Gasteiger partial charge >= 0.3 is 6.01 Å². The molecular formula is C11H12N4O3. The summed E-state index contributed by atoms with van der Waals surface area (Å²) in [6.45, 7) is 3.83. The number of nitro groups is 1. The molecule has 2 aromatic rings. The number of nitrogens with one attached hydrogen (secondary N) is 1. The Hall–Kier alpha value is -2.44. The van der Waals surface area contributed by atoms with Crippen molar-refractivity contribution in [1.29, 1.82) is 0 Å². The van der Waals surface area contributed by atoms with Gasteiger partial charge in [-0.25, -0.2) is 0 Å². The van der Waals surface area contributed by atoms with E-state index in [-0.39, 0.29) is 5.69 Å². The first-order valence-corrected chi connectivity index (χ1v) is 5.35. The maximum atomic E-state index is 10.8. The minimum Gasteiger partial charge on any atom is -0.334 e. The fourth-order valence-electron chi connectivity index (χ4n) is 1.60. The zero-order valence-corrected chi connectivity index (χ0v) is 10.0. The van der Waals surface area contributed by atoms with Crippen LogP contribution in [0.3, 0.4) is 0 Å². The number of aryl methyl sites for hydroxylation is 1. The van der Waals surface area contributed by atoms with Crippen molar-refractivity contribution in [3.63, 3.8) is 0 Å². The Labute approximate surface area is 103 Å². The molecule has 7 nitrogen and oxygen atoms in total. The SMILES string of the molecule is Cc1noc(NCc2cccc([N+](=O)[O-])c2C)n1. The van der Waals surface area contributed by atoms with Gasteiger partial charge in [0.1, 0.15) is 0 Å². The van der Waals surface area contributed by atoms with Crippen LogP contribution < -0.4 is 5.32 Å². The summed E-state index contributed by atoms with van der Waals surface area (Å²) in [6.07, 6.45) is 0. The lowest BCUT2D eigenvalue weighted by Crippen LogP contribution is -2.03. The molecule has 0 aliphatic heterocycles. The average Bonchev–Trinajstić information content (AvgIpc) is 2.73. The van der Waals surface area contributed by atoms with E-state index in [2.05, 4.69) is 15.5 Å². The predicted molar refractivity (Wildman–Crippen MR) is 64.2 cm³/mol. The molecule has 7 heteroatoms. The van der Waals surface area contributed by atoms with E-state index >= 15 is 0 Å². The lowest BCUT2D eigenvalue weighted by molar-refractivity contribution is -0.385. The molecular weight excluding hydrogens is 236 g/mol. The summed E-state index contributed by atoms with van der Waals surface area (Å²) < 4.78 is 4.90. The fourth-order valence-corrected chi connectivity index (χ4v) is 1.60. The predicted octanol–water partition coefficient (Wildman–Crippen LogP) is 2.21. The normalized spacial score (nSPS) is 10.3. The molecule has 1 aromatic carbocycles. The number of nitrogens with zero attached hydrogens (tertiary/aromatic N) is 3. The molecule has 0 amide bonds. The monoisotopic (exact) mass is 248 g/mol. The number of benzene rings is 1. The van der Waals surface area contributed by atoms with E-state index in [9.17, 15) is 10.1 Å². The molecule has 0 saturated heterocycles. The van der Waals surface area contributed by atoms with Crippen LogP contribution in [0, 0.1) is 24.0 Å². The highest BCUT2D eigenvalue weighted by atomic mass is 16.6. The molecule has 0 bridgehead atoms. The lowest BCUT2D eigenvalue weighted by Gasteiger charge is -2.05. The van der Waals surface area contributed by atoms with Crippen molar-refractivity contribution in [3.05, 3.63) is 45.3 Å². The summed E-state index contributed by atoms with van der Waals surface area (Å²) in [5.74, 6) is 0.535. The van der Waals surface area contributed by atoms with Gasteiger partial charge in [0.15, 0.2) is 5.82 Å². The maximum Gasteiger partial charge on any atom is 0.321 e. The van der Waals surface area contributed by atoms with Crippen LogP contribution in [0.4, 0.5) is 11.7 Å². The Bertz CT molecular complexity index is 579. The van der Waals surface area contributed by atoms with Gasteiger partial charge in [-0.2, -0.15) is 4.98 Å². The molecule has 18 heavy (non-hydrogen) atoms. The first kappa shape index (κ1) is 12.0. The van der Waals surface area contributed by atoms with Crippen LogP contribution in [0.25, 0.3) is 0 Å². The maximum absolute atomic E-state index is 10.8. The van der Waals surface area contributed by atoms with Gasteiger partial charge < -0.3 is 9.84 Å². The minimum atomic E-state index is -0.393. The van der Waals surface area contributed by atoms with Crippen LogP contribution >= 0.6 is 0 Å². The molecule has 0 saturated carbocycles. The van der Waals surface area contributed by atoms with Crippen LogP contribution in [-0.2, 0) is 6.54 Å². The molecule has 0 radical (unpaired) electrons. The molecule has 0 unspecified atom stereocenters. The van der Waals surface area contributed by atoms with E-state index < -0.39 is 4.92 Å². The minimum absolute atomic E-state index is 0.107. The third kappa shape index (κ3) is 2.45. The van der Waals surface area contributed by atoms with Gasteiger partial charge in [-0.05, 0) is 19.4 Å². The number of rotatable bonds is 4. The molecule has 1 aromatic heterocycles. The van der Waals surface area contributed by atoms with E-state index in [1.807, 2.05) is 6.07 Å². The standard InChI is InChI=1S/C11H12N4O3/c1-7-9(4-3-5-10(7)15(16)17)6-12-11-13-8(2)14-18-11/h3-5H,6H2,1-2H3,(H,12,13,14). The molecule has 0 fully saturated rings. The Balaban J connectivity index is 2.14. The Morgan fingerprint density at radius 3 is 2.83 bits per heavy atom. The smallest absolute Gasteiger partial charge is 0.321 e. The highest BCUT2D eigenvalue weighted by Gasteiger charge is 2.13. The van der Waals surface area contributed by atoms with Gasteiger partial charge in [-0.1, -0.05) is 17.3 Å². The summed E-state index contributed by atoms with van der Waals surface area (Å²) in [5.41, 5.74) is 1.56. The van der Waals surface area contributed by atoms with Crippen molar-refractivity contribution in [2.45, 2.75) is 20.4 Å². The molecule has 2 rings (SSSR count). The number of nitro benzene ring substituents is 1. The van der Waals surface area contributed by atoms with Gasteiger partial charge in [-0.15, -0.1) is 0 Å². The Kier molecular flexibility index (Phi) is 3.22. The van der Waals surface area contributed by atoms with Crippen LogP contribution in [-0.4, -0.2) is 15.1 Å². The van der Waals surface area contributed by atoms with E-state index in [1.165, 1.54) is 6.07 Å². The highest BCUT2D eigenvalue weighted by molar-refractivity contribution is 5.45. The summed E-state index contributed by atoms with van der Waals surface area (Å²) in [4.78, 5) is 14.4. The number of hydrogen-bond acceptors (Lipinski definition) is 6. The molecule has 0 aliphatic carbocycles. The summed E-state index contributed by atoms with van der Waals surface area (Å²) in [5, 5.41) is 17.4. The second-order valence-corrected chi connectivity index (χ2v) is 3.82. The number of aromatic nitrogens is 2. The first-order chi connectivity index (χ1) is 8.58. The number of hydrogen-bond donors (Lipinski definition) is 1. The topological polar surface area (TPSA) is 94.1 Å². The second kappa shape index (κ2) is 4.82. The zero-order chi connectivity index (χ0) is 13.1. The van der Waals surface area contributed by atoms with Crippen molar-refractivity contribution in [1.82, 2.24) is 10.1 Å². The third-order valence-electron chi connectivity index (χ3n) is 2.57. The lowest BCUT2D eigenvalue weighted by atomic mass is 10.1. The Morgan fingerprint density at radius 2 is 2.22 bits per heavy atom. The van der Waals surface area contributed by atoms with Crippen molar-refractivity contribution in [2.75, 3.05) is 5.32 Å². The molecule has 0 spiro atoms. The molecule has 1 heterocycles. The van der Waals surface area contributed by atoms with Crippen LogP contribution in [0.1, 0.15) is 17.0 Å². The molecule has 0 atom stereocenters. The van der Waals surface area contributed by atoms with Gasteiger partial charge in [0, 0.05) is 18.2 Å². The van der Waals surface area contributed by atoms with Gasteiger partial charge in [0.25, 0.3) is 5.69 Å². The Morgan fingerprint density at radius 1 is 1.44 bits per heavy atom. The van der Waals surface area contributed by atoms with Gasteiger partial charge in [-0.3, -0.25) is 10.1 Å². The quantitative estimate of drug-likeness (QED) is 0.658. The van der Waals surface area contributed by atoms with Crippen molar-refractivity contribution in [3.8, 4) is 0 Å². The molecule has 94 valence electrons. The van der Waals surface area contributed by atoms with E-state index in [1.54, 1.807) is 19.9 Å². The van der Waals surface area contributed by atoms with E-state index in [0.29, 0.717) is 23.9 Å². The van der Waals surface area contributed by atoms with Crippen molar-refractivity contribution < 1.29 is 9.45 Å².